The van der Waals surface area contributed by atoms with Crippen LogP contribution in [-0.4, -0.2) is 41.5 Å². The van der Waals surface area contributed by atoms with E-state index in [1.165, 1.54) is 25.5 Å². The van der Waals surface area contributed by atoms with Crippen molar-refractivity contribution in [2.24, 2.45) is 0 Å². The number of halogens is 1. The molecule has 3 aromatic rings. The van der Waals surface area contributed by atoms with Crippen molar-refractivity contribution in [3.05, 3.63) is 69.0 Å². The number of hydrogen-bond acceptors (Lipinski definition) is 6. The number of unbranched alkanes of at least 4 members (excludes halogenated alkanes) is 6. The zero-order valence-electron chi connectivity index (χ0n) is 24.7. The van der Waals surface area contributed by atoms with Crippen molar-refractivity contribution < 1.29 is 23.5 Å². The van der Waals surface area contributed by atoms with E-state index >= 15 is 0 Å². The van der Waals surface area contributed by atoms with E-state index in [1.807, 2.05) is 18.2 Å². The number of ether oxygens (including phenoxy) is 2. The van der Waals surface area contributed by atoms with Gasteiger partial charge in [-0.2, -0.15) is 0 Å². The van der Waals surface area contributed by atoms with E-state index in [1.54, 1.807) is 28.0 Å². The maximum absolute atomic E-state index is 13.9. The summed E-state index contributed by atoms with van der Waals surface area (Å²) < 4.78 is 16.7. The Labute approximate surface area is 252 Å². The molecule has 0 aliphatic carbocycles. The van der Waals surface area contributed by atoms with Gasteiger partial charge in [0.05, 0.1) is 30.3 Å². The molecular formula is C33H41ClN2O6. The lowest BCUT2D eigenvalue weighted by atomic mass is 10.1. The Kier molecular flexibility index (Phi) is 11.7. The number of nitrogens with zero attached hydrogens (tertiary/aromatic N) is 2. The standard InChI is InChI=1S/C33H41ClN2O6/c1-3-5-7-8-9-10-11-31(37)35(16-6-4-2)21-32(38)36(19-24-12-14-29-30(17-24)42-23-41-29)20-25-22-40-28-15-13-26(34)18-27(28)33(25)39/h12-15,17-18,22H,3-11,16,19-21,23H2,1-2H3. The molecule has 0 N–H and O–H groups in total. The first-order valence-electron chi connectivity index (χ1n) is 15.0. The lowest BCUT2D eigenvalue weighted by Gasteiger charge is -2.28. The van der Waals surface area contributed by atoms with Crippen molar-refractivity contribution in [1.82, 2.24) is 9.80 Å². The Bertz CT molecular complexity index is 1420. The van der Waals surface area contributed by atoms with Crippen LogP contribution < -0.4 is 14.9 Å². The van der Waals surface area contributed by atoms with Gasteiger partial charge in [-0.25, -0.2) is 0 Å². The van der Waals surface area contributed by atoms with Crippen LogP contribution >= 0.6 is 11.6 Å². The summed E-state index contributed by atoms with van der Waals surface area (Å²) in [6.45, 7) is 5.10. The first kappa shape index (κ1) is 31.4. The van der Waals surface area contributed by atoms with Gasteiger partial charge in [0.2, 0.25) is 18.6 Å². The zero-order valence-corrected chi connectivity index (χ0v) is 25.4. The Balaban J connectivity index is 1.53. The summed E-state index contributed by atoms with van der Waals surface area (Å²) in [5.74, 6) is 1.01. The van der Waals surface area contributed by atoms with Crippen molar-refractivity contribution in [1.29, 1.82) is 0 Å². The molecule has 226 valence electrons. The van der Waals surface area contributed by atoms with Crippen molar-refractivity contribution in [2.75, 3.05) is 19.9 Å². The van der Waals surface area contributed by atoms with Crippen LogP contribution in [0.4, 0.5) is 0 Å². The van der Waals surface area contributed by atoms with Gasteiger partial charge in [-0.3, -0.25) is 14.4 Å². The molecule has 2 heterocycles. The van der Waals surface area contributed by atoms with E-state index in [4.69, 9.17) is 25.5 Å². The highest BCUT2D eigenvalue weighted by molar-refractivity contribution is 6.31. The van der Waals surface area contributed by atoms with Crippen LogP contribution in [0.15, 0.2) is 51.9 Å². The van der Waals surface area contributed by atoms with E-state index in [-0.39, 0.29) is 43.7 Å². The predicted octanol–water partition coefficient (Wildman–Crippen LogP) is 7.08. The van der Waals surface area contributed by atoms with Crippen LogP contribution in [0.3, 0.4) is 0 Å². The molecule has 1 aliphatic heterocycles. The monoisotopic (exact) mass is 596 g/mol. The molecule has 9 heteroatoms. The van der Waals surface area contributed by atoms with Gasteiger partial charge in [0.25, 0.3) is 0 Å². The molecule has 4 rings (SSSR count). The summed E-state index contributed by atoms with van der Waals surface area (Å²) in [5.41, 5.74) is 1.33. The molecule has 0 saturated heterocycles. The largest absolute Gasteiger partial charge is 0.464 e. The number of fused-ring (bicyclic) bond motifs is 2. The fraction of sp³-hybridized carbons (Fsp3) is 0.485. The maximum Gasteiger partial charge on any atom is 0.242 e. The summed E-state index contributed by atoms with van der Waals surface area (Å²) in [4.78, 5) is 43.7. The third kappa shape index (κ3) is 8.51. The van der Waals surface area contributed by atoms with E-state index < -0.39 is 0 Å². The summed E-state index contributed by atoms with van der Waals surface area (Å²) in [7, 11) is 0. The summed E-state index contributed by atoms with van der Waals surface area (Å²) in [6.07, 6.45) is 10.1. The van der Waals surface area contributed by atoms with E-state index in [0.29, 0.717) is 46.0 Å². The van der Waals surface area contributed by atoms with E-state index in [0.717, 1.165) is 37.7 Å². The van der Waals surface area contributed by atoms with Gasteiger partial charge < -0.3 is 23.7 Å². The highest BCUT2D eigenvalue weighted by Crippen LogP contribution is 2.33. The Morgan fingerprint density at radius 1 is 0.833 bits per heavy atom. The summed E-state index contributed by atoms with van der Waals surface area (Å²) in [6, 6.07) is 10.4. The van der Waals surface area contributed by atoms with Gasteiger partial charge in [0.15, 0.2) is 16.9 Å². The highest BCUT2D eigenvalue weighted by Gasteiger charge is 2.24. The molecule has 0 spiro atoms. The predicted molar refractivity (Wildman–Crippen MR) is 164 cm³/mol. The molecule has 0 atom stereocenters. The number of carbonyl (C=O) groups excluding carboxylic acids is 2. The molecule has 0 saturated carbocycles. The molecule has 0 fully saturated rings. The molecule has 2 aromatic carbocycles. The topological polar surface area (TPSA) is 89.3 Å². The average Bonchev–Trinajstić information content (AvgIpc) is 3.46. The third-order valence-electron chi connectivity index (χ3n) is 7.53. The molecule has 2 amide bonds. The minimum Gasteiger partial charge on any atom is -0.464 e. The van der Waals surface area contributed by atoms with Gasteiger partial charge in [-0.05, 0) is 48.7 Å². The molecule has 42 heavy (non-hydrogen) atoms. The number of carbonyl (C=O) groups is 2. The SMILES string of the molecule is CCCCCCCCC(=O)N(CCCC)CC(=O)N(Cc1ccc2c(c1)OCO2)Cc1coc2ccc(Cl)cc2c1=O. The van der Waals surface area contributed by atoms with Crippen LogP contribution in [0.25, 0.3) is 11.0 Å². The minimum absolute atomic E-state index is 0.00446. The van der Waals surface area contributed by atoms with Crippen molar-refractivity contribution in [2.45, 2.75) is 84.7 Å². The highest BCUT2D eigenvalue weighted by atomic mass is 35.5. The number of rotatable bonds is 16. The second-order valence-corrected chi connectivity index (χ2v) is 11.3. The van der Waals surface area contributed by atoms with Gasteiger partial charge in [-0.15, -0.1) is 0 Å². The quantitative estimate of drug-likeness (QED) is 0.164. The second kappa shape index (κ2) is 15.6. The summed E-state index contributed by atoms with van der Waals surface area (Å²) in [5, 5.41) is 0.782. The lowest BCUT2D eigenvalue weighted by Crippen LogP contribution is -2.43. The van der Waals surface area contributed by atoms with E-state index in [2.05, 4.69) is 13.8 Å². The Morgan fingerprint density at radius 2 is 1.60 bits per heavy atom. The molecule has 1 aromatic heterocycles. The fourth-order valence-electron chi connectivity index (χ4n) is 5.07. The van der Waals surface area contributed by atoms with Gasteiger partial charge in [-0.1, -0.05) is 70.0 Å². The normalized spacial score (nSPS) is 12.1. The van der Waals surface area contributed by atoms with Crippen molar-refractivity contribution in [3.63, 3.8) is 0 Å². The number of hydrogen-bond donors (Lipinski definition) is 0. The Hall–Kier alpha value is -3.52. The van der Waals surface area contributed by atoms with Crippen molar-refractivity contribution in [3.8, 4) is 11.5 Å². The van der Waals surface area contributed by atoms with Crippen LogP contribution in [0.1, 0.15) is 82.8 Å². The van der Waals surface area contributed by atoms with Gasteiger partial charge in [0, 0.05) is 24.5 Å². The van der Waals surface area contributed by atoms with Gasteiger partial charge in [0.1, 0.15) is 5.58 Å². The summed E-state index contributed by atoms with van der Waals surface area (Å²) >= 11 is 6.14. The van der Waals surface area contributed by atoms with Crippen LogP contribution in [0.5, 0.6) is 11.5 Å². The third-order valence-corrected chi connectivity index (χ3v) is 7.77. The molecule has 1 aliphatic rings. The molecule has 0 unspecified atom stereocenters. The number of amides is 2. The van der Waals surface area contributed by atoms with Crippen LogP contribution in [0, 0.1) is 0 Å². The average molecular weight is 597 g/mol. The van der Waals surface area contributed by atoms with E-state index in [9.17, 15) is 14.4 Å². The lowest BCUT2D eigenvalue weighted by molar-refractivity contribution is -0.141. The van der Waals surface area contributed by atoms with Crippen LogP contribution in [-0.2, 0) is 22.7 Å². The first-order chi connectivity index (χ1) is 20.4. The maximum atomic E-state index is 13.9. The minimum atomic E-state index is -0.246. The smallest absolute Gasteiger partial charge is 0.242 e. The molecule has 0 bridgehead atoms. The first-order valence-corrected chi connectivity index (χ1v) is 15.4. The molecular weight excluding hydrogens is 556 g/mol. The zero-order chi connectivity index (χ0) is 29.9. The second-order valence-electron chi connectivity index (χ2n) is 10.9. The number of benzene rings is 2. The van der Waals surface area contributed by atoms with Crippen molar-refractivity contribution >= 4 is 34.4 Å². The van der Waals surface area contributed by atoms with Gasteiger partial charge >= 0.3 is 0 Å². The molecule has 0 radical (unpaired) electrons. The Morgan fingerprint density at radius 3 is 2.40 bits per heavy atom. The van der Waals surface area contributed by atoms with Crippen LogP contribution in [0.2, 0.25) is 5.02 Å². The molecule has 8 nitrogen and oxygen atoms in total. The fourth-order valence-corrected chi connectivity index (χ4v) is 5.24.